The third kappa shape index (κ3) is 8.12. The summed E-state index contributed by atoms with van der Waals surface area (Å²) in [7, 11) is 0. The molecule has 0 radical (unpaired) electrons. The van der Waals surface area contributed by atoms with E-state index < -0.39 is 6.10 Å². The minimum absolute atomic E-state index is 0.196. The molecule has 1 saturated heterocycles. The molecule has 36 heavy (non-hydrogen) atoms. The topological polar surface area (TPSA) is 96.9 Å². The van der Waals surface area contributed by atoms with Crippen LogP contribution in [0.25, 0.3) is 0 Å². The first-order chi connectivity index (χ1) is 17.5. The van der Waals surface area contributed by atoms with Gasteiger partial charge in [-0.05, 0) is 60.3 Å². The fraction of sp³-hybridized carbons (Fsp3) is 0.286. The molecule has 4 rings (SSSR count). The van der Waals surface area contributed by atoms with E-state index >= 15 is 0 Å². The van der Waals surface area contributed by atoms with Crippen LogP contribution < -0.4 is 20.1 Å². The van der Waals surface area contributed by atoms with E-state index in [-0.39, 0.29) is 23.0 Å². The minimum atomic E-state index is -0.626. The smallest absolute Gasteiger partial charge is 0.286 e. The zero-order chi connectivity index (χ0) is 25.2. The molecule has 1 aliphatic heterocycles. The molecule has 3 aromatic rings. The number of imide groups is 1. The molecule has 188 valence electrons. The number of ether oxygens (including phenoxy) is 2. The summed E-state index contributed by atoms with van der Waals surface area (Å²) in [6.45, 7) is 1.86. The van der Waals surface area contributed by atoms with E-state index in [1.165, 1.54) is 0 Å². The van der Waals surface area contributed by atoms with Crippen molar-refractivity contribution in [2.75, 3.05) is 19.7 Å². The van der Waals surface area contributed by atoms with Crippen molar-refractivity contribution in [1.82, 2.24) is 10.6 Å². The van der Waals surface area contributed by atoms with Crippen LogP contribution in [0.15, 0.2) is 78.9 Å². The Balaban J connectivity index is 1.09. The van der Waals surface area contributed by atoms with E-state index in [0.29, 0.717) is 25.3 Å². The molecule has 2 amide bonds. The average molecular weight is 507 g/mol. The third-order valence-corrected chi connectivity index (χ3v) is 6.68. The molecule has 0 spiro atoms. The monoisotopic (exact) mass is 506 g/mol. The Hall–Kier alpha value is -3.33. The molecule has 8 heteroatoms. The highest BCUT2D eigenvalue weighted by Crippen LogP contribution is 2.23. The number of rotatable bonds is 13. The van der Waals surface area contributed by atoms with Crippen LogP contribution in [0, 0.1) is 0 Å². The number of thioether (sulfide) groups is 1. The van der Waals surface area contributed by atoms with Crippen molar-refractivity contribution < 1.29 is 24.2 Å². The van der Waals surface area contributed by atoms with Gasteiger partial charge < -0.3 is 19.9 Å². The number of aliphatic hydroxyl groups is 1. The van der Waals surface area contributed by atoms with E-state index in [9.17, 15) is 14.7 Å². The largest absolute Gasteiger partial charge is 0.491 e. The first-order valence-corrected chi connectivity index (χ1v) is 12.8. The van der Waals surface area contributed by atoms with Crippen LogP contribution in [0.4, 0.5) is 4.79 Å². The quantitative estimate of drug-likeness (QED) is 0.304. The second-order valence-corrected chi connectivity index (χ2v) is 9.74. The predicted molar refractivity (Wildman–Crippen MR) is 140 cm³/mol. The van der Waals surface area contributed by atoms with Crippen LogP contribution in [0.1, 0.15) is 16.7 Å². The summed E-state index contributed by atoms with van der Waals surface area (Å²) in [6, 6.07) is 25.4. The van der Waals surface area contributed by atoms with Gasteiger partial charge in [-0.2, -0.15) is 0 Å². The number of carbonyl (C=O) groups is 2. The zero-order valence-corrected chi connectivity index (χ0v) is 20.7. The Morgan fingerprint density at radius 1 is 0.861 bits per heavy atom. The summed E-state index contributed by atoms with van der Waals surface area (Å²) in [6.07, 6.45) is 0.727. The van der Waals surface area contributed by atoms with Gasteiger partial charge in [0.05, 0.1) is 5.25 Å². The molecule has 1 fully saturated rings. The lowest BCUT2D eigenvalue weighted by molar-refractivity contribution is -0.118. The molecular formula is C28H30N2O5S. The van der Waals surface area contributed by atoms with Gasteiger partial charge in [-0.1, -0.05) is 66.4 Å². The Morgan fingerprint density at radius 3 is 2.19 bits per heavy atom. The van der Waals surface area contributed by atoms with Crippen molar-refractivity contribution in [3.8, 4) is 11.5 Å². The van der Waals surface area contributed by atoms with Crippen molar-refractivity contribution in [3.05, 3.63) is 95.6 Å². The number of hydrogen-bond acceptors (Lipinski definition) is 7. The Labute approximate surface area is 215 Å². The summed E-state index contributed by atoms with van der Waals surface area (Å²) in [5, 5.41) is 15.2. The second kappa shape index (κ2) is 13.1. The van der Waals surface area contributed by atoms with Gasteiger partial charge in [0.1, 0.15) is 30.8 Å². The summed E-state index contributed by atoms with van der Waals surface area (Å²) in [5.74, 6) is 1.23. The van der Waals surface area contributed by atoms with Crippen LogP contribution in [0.3, 0.4) is 0 Å². The van der Waals surface area contributed by atoms with Crippen LogP contribution in [0.2, 0.25) is 0 Å². The van der Waals surface area contributed by atoms with E-state index in [1.807, 2.05) is 78.9 Å². The van der Waals surface area contributed by atoms with Crippen molar-refractivity contribution in [3.63, 3.8) is 0 Å². The normalized spacial score (nSPS) is 16.0. The highest BCUT2D eigenvalue weighted by atomic mass is 32.2. The number of benzene rings is 3. The molecule has 1 heterocycles. The third-order valence-electron chi connectivity index (χ3n) is 5.70. The molecule has 0 saturated carbocycles. The summed E-state index contributed by atoms with van der Waals surface area (Å²) >= 11 is 1.05. The van der Waals surface area contributed by atoms with E-state index in [0.717, 1.165) is 47.2 Å². The predicted octanol–water partition coefficient (Wildman–Crippen LogP) is 3.73. The number of nitrogens with one attached hydrogen (secondary N) is 2. The van der Waals surface area contributed by atoms with Gasteiger partial charge >= 0.3 is 0 Å². The van der Waals surface area contributed by atoms with Gasteiger partial charge in [-0.15, -0.1) is 0 Å². The van der Waals surface area contributed by atoms with Gasteiger partial charge in [-0.25, -0.2) is 0 Å². The lowest BCUT2D eigenvalue weighted by atomic mass is 10.1. The van der Waals surface area contributed by atoms with E-state index in [2.05, 4.69) is 10.6 Å². The van der Waals surface area contributed by atoms with Gasteiger partial charge in [0, 0.05) is 6.54 Å². The highest BCUT2D eigenvalue weighted by molar-refractivity contribution is 8.15. The molecule has 1 aliphatic rings. The minimum Gasteiger partial charge on any atom is -0.491 e. The summed E-state index contributed by atoms with van der Waals surface area (Å²) in [5.41, 5.74) is 3.29. The molecule has 0 aromatic heterocycles. The van der Waals surface area contributed by atoms with E-state index in [4.69, 9.17) is 9.47 Å². The van der Waals surface area contributed by atoms with Crippen LogP contribution in [-0.2, 0) is 24.2 Å². The molecule has 0 bridgehead atoms. The highest BCUT2D eigenvalue weighted by Gasteiger charge is 2.31. The number of carbonyl (C=O) groups excluding carboxylic acids is 2. The van der Waals surface area contributed by atoms with Crippen molar-refractivity contribution in [1.29, 1.82) is 0 Å². The summed E-state index contributed by atoms with van der Waals surface area (Å²) in [4.78, 5) is 23.0. The molecule has 7 nitrogen and oxygen atoms in total. The average Bonchev–Trinajstić information content (AvgIpc) is 3.22. The fourth-order valence-corrected chi connectivity index (χ4v) is 4.57. The second-order valence-electron chi connectivity index (χ2n) is 8.57. The Morgan fingerprint density at radius 2 is 1.53 bits per heavy atom. The lowest BCUT2D eigenvalue weighted by Gasteiger charge is -2.14. The first-order valence-electron chi connectivity index (χ1n) is 11.9. The molecule has 1 unspecified atom stereocenters. The molecule has 2 atom stereocenters. The zero-order valence-electron chi connectivity index (χ0n) is 19.9. The molecule has 3 N–H and O–H groups in total. The Kier molecular flexibility index (Phi) is 9.38. The van der Waals surface area contributed by atoms with Gasteiger partial charge in [0.2, 0.25) is 5.91 Å². The number of aliphatic hydroxyl groups excluding tert-OH is 1. The number of amides is 2. The van der Waals surface area contributed by atoms with Crippen molar-refractivity contribution >= 4 is 22.9 Å². The van der Waals surface area contributed by atoms with Gasteiger partial charge in [0.15, 0.2) is 0 Å². The standard InChI is InChI=1S/C28H30N2O5S/c31-23(19-35-25-12-10-24(11-13-25)34-18-22-4-2-1-3-5-22)17-29-15-14-20-6-8-21(9-7-20)16-26-27(32)30-28(33)36-26/h1-13,23,26,29,31H,14-19H2,(H,30,32,33)/t23-,26?/m0/s1. The van der Waals surface area contributed by atoms with Crippen LogP contribution in [0.5, 0.6) is 11.5 Å². The maximum atomic E-state index is 11.7. The van der Waals surface area contributed by atoms with Gasteiger partial charge in [-0.3, -0.25) is 14.9 Å². The van der Waals surface area contributed by atoms with Crippen LogP contribution in [-0.4, -0.2) is 47.3 Å². The summed E-state index contributed by atoms with van der Waals surface area (Å²) < 4.78 is 11.5. The molecule has 0 aliphatic carbocycles. The maximum absolute atomic E-state index is 11.7. The SMILES string of the molecule is O=C1NC(=O)C(Cc2ccc(CCNC[C@H](O)COc3ccc(OCc4ccccc4)cc3)cc2)S1. The maximum Gasteiger partial charge on any atom is 0.286 e. The number of hydrogen-bond donors (Lipinski definition) is 3. The molecule has 3 aromatic carbocycles. The molecular weight excluding hydrogens is 476 g/mol. The van der Waals surface area contributed by atoms with Gasteiger partial charge in [0.25, 0.3) is 5.24 Å². The van der Waals surface area contributed by atoms with Crippen molar-refractivity contribution in [2.24, 2.45) is 0 Å². The van der Waals surface area contributed by atoms with E-state index in [1.54, 1.807) is 0 Å². The Bertz CT molecular complexity index is 1120. The fourth-order valence-electron chi connectivity index (χ4n) is 3.71. The first kappa shape index (κ1) is 25.8. The lowest BCUT2D eigenvalue weighted by Crippen LogP contribution is -2.32. The van der Waals surface area contributed by atoms with Crippen molar-refractivity contribution in [2.45, 2.75) is 30.8 Å². The van der Waals surface area contributed by atoms with Crippen LogP contribution >= 0.6 is 11.8 Å².